The Morgan fingerprint density at radius 2 is 1.69 bits per heavy atom. The highest BCUT2D eigenvalue weighted by atomic mass is 19.4. The molecule has 1 N–H and O–H groups in total. The Labute approximate surface area is 192 Å². The van der Waals surface area contributed by atoms with E-state index >= 15 is 0 Å². The molecule has 1 atom stereocenters. The normalized spacial score (nSPS) is 22.7. The SMILES string of the molecule is Cn1nc(-c2ccc(OC(F)(F)F)cc2)c(C2CC(F)(F)C2)c1NC(=O)C[C@H]1CC(F)(F)C1(F)F. The third kappa shape index (κ3) is 4.79. The Balaban J connectivity index is 1.60. The van der Waals surface area contributed by atoms with E-state index in [4.69, 9.17) is 0 Å². The van der Waals surface area contributed by atoms with Gasteiger partial charge in [-0.05, 0) is 24.3 Å². The van der Waals surface area contributed by atoms with Crippen LogP contribution in [0.3, 0.4) is 0 Å². The van der Waals surface area contributed by atoms with Crippen molar-refractivity contribution in [1.82, 2.24) is 9.78 Å². The van der Waals surface area contributed by atoms with Crippen LogP contribution in [0.5, 0.6) is 5.75 Å². The summed E-state index contributed by atoms with van der Waals surface area (Å²) in [5.41, 5.74) is 0.454. The zero-order valence-electron chi connectivity index (χ0n) is 17.9. The lowest BCUT2D eigenvalue weighted by atomic mass is 9.74. The number of ether oxygens (including phenoxy) is 1. The van der Waals surface area contributed by atoms with Crippen molar-refractivity contribution in [3.8, 4) is 17.0 Å². The van der Waals surface area contributed by atoms with Crippen LogP contribution in [0, 0.1) is 5.92 Å². The standard InChI is InChI=1S/C21H18F9N3O2/c1-33-17(31-14(34)6-12-9-19(24,25)20(12,26)27)15(11-7-18(22,23)8-11)16(32-33)10-2-4-13(5-3-10)35-21(28,29)30/h2-5,11-12H,6-9H2,1H3,(H,31,34)/t12-/m0/s1. The Kier molecular flexibility index (Phi) is 5.79. The molecule has 2 aliphatic rings. The number of nitrogens with one attached hydrogen (secondary N) is 1. The van der Waals surface area contributed by atoms with Gasteiger partial charge in [-0.2, -0.15) is 22.7 Å². The number of aromatic nitrogens is 2. The van der Waals surface area contributed by atoms with Gasteiger partial charge in [-0.15, -0.1) is 13.2 Å². The van der Waals surface area contributed by atoms with Gasteiger partial charge in [-0.1, -0.05) is 0 Å². The van der Waals surface area contributed by atoms with Gasteiger partial charge < -0.3 is 10.1 Å². The zero-order chi connectivity index (χ0) is 26.0. The first-order valence-electron chi connectivity index (χ1n) is 10.4. The summed E-state index contributed by atoms with van der Waals surface area (Å²) in [7, 11) is 1.34. The number of carbonyl (C=O) groups is 1. The van der Waals surface area contributed by atoms with Gasteiger partial charge in [0.05, 0.1) is 5.69 Å². The minimum absolute atomic E-state index is 0.0855. The molecular weight excluding hydrogens is 497 g/mol. The van der Waals surface area contributed by atoms with Gasteiger partial charge in [-0.3, -0.25) is 9.48 Å². The molecule has 0 aliphatic heterocycles. The average molecular weight is 515 g/mol. The van der Waals surface area contributed by atoms with Gasteiger partial charge in [0, 0.05) is 55.7 Å². The molecule has 192 valence electrons. The van der Waals surface area contributed by atoms with Crippen LogP contribution >= 0.6 is 0 Å². The lowest BCUT2D eigenvalue weighted by Gasteiger charge is -2.43. The molecule has 5 nitrogen and oxygen atoms in total. The molecule has 1 aromatic heterocycles. The van der Waals surface area contributed by atoms with Gasteiger partial charge in [0.2, 0.25) is 11.8 Å². The molecule has 1 amide bonds. The third-order valence-corrected chi connectivity index (χ3v) is 6.14. The molecule has 0 spiro atoms. The highest BCUT2D eigenvalue weighted by molar-refractivity contribution is 5.92. The van der Waals surface area contributed by atoms with Crippen molar-refractivity contribution >= 4 is 11.7 Å². The number of anilines is 1. The van der Waals surface area contributed by atoms with Crippen molar-refractivity contribution in [3.63, 3.8) is 0 Å². The number of halogens is 9. The number of hydrogen-bond donors (Lipinski definition) is 1. The van der Waals surface area contributed by atoms with Crippen molar-refractivity contribution < 1.29 is 49.0 Å². The number of carbonyl (C=O) groups excluding carboxylic acids is 1. The molecule has 2 aromatic rings. The summed E-state index contributed by atoms with van der Waals surface area (Å²) in [6, 6.07) is 4.42. The fourth-order valence-electron chi connectivity index (χ4n) is 4.32. The third-order valence-electron chi connectivity index (χ3n) is 6.14. The van der Waals surface area contributed by atoms with E-state index in [1.165, 1.54) is 19.2 Å². The van der Waals surface area contributed by atoms with Crippen molar-refractivity contribution in [2.75, 3.05) is 5.32 Å². The van der Waals surface area contributed by atoms with Gasteiger partial charge in [0.1, 0.15) is 11.6 Å². The Morgan fingerprint density at radius 1 is 1.09 bits per heavy atom. The number of hydrogen-bond acceptors (Lipinski definition) is 3. The summed E-state index contributed by atoms with van der Waals surface area (Å²) in [6.07, 6.45) is -8.22. The molecule has 2 saturated carbocycles. The van der Waals surface area contributed by atoms with Crippen LogP contribution in [-0.2, 0) is 11.8 Å². The molecule has 2 fully saturated rings. The average Bonchev–Trinajstić information content (AvgIpc) is 3.00. The molecule has 0 radical (unpaired) electrons. The van der Waals surface area contributed by atoms with E-state index in [-0.39, 0.29) is 22.6 Å². The fraction of sp³-hybridized carbons (Fsp3) is 0.524. The van der Waals surface area contributed by atoms with E-state index < -0.39 is 73.3 Å². The van der Waals surface area contributed by atoms with Gasteiger partial charge in [-0.25, -0.2) is 8.78 Å². The Morgan fingerprint density at radius 3 is 2.17 bits per heavy atom. The zero-order valence-corrected chi connectivity index (χ0v) is 17.9. The van der Waals surface area contributed by atoms with Crippen molar-refractivity contribution in [3.05, 3.63) is 29.8 Å². The maximum atomic E-state index is 13.6. The van der Waals surface area contributed by atoms with Gasteiger partial charge >= 0.3 is 18.2 Å². The van der Waals surface area contributed by atoms with Crippen LogP contribution in [0.4, 0.5) is 45.3 Å². The van der Waals surface area contributed by atoms with Crippen LogP contribution in [0.25, 0.3) is 11.3 Å². The lowest BCUT2D eigenvalue weighted by molar-refractivity contribution is -0.313. The smallest absolute Gasteiger partial charge is 0.406 e. The second kappa shape index (κ2) is 8.05. The molecule has 14 heteroatoms. The monoisotopic (exact) mass is 515 g/mol. The lowest BCUT2D eigenvalue weighted by Crippen LogP contribution is -2.59. The van der Waals surface area contributed by atoms with Gasteiger partial charge in [0.25, 0.3) is 0 Å². The number of aryl methyl sites for hydroxylation is 1. The number of nitrogens with zero attached hydrogens (tertiary/aromatic N) is 2. The van der Waals surface area contributed by atoms with E-state index in [1.54, 1.807) is 0 Å². The van der Waals surface area contributed by atoms with Crippen LogP contribution in [0.2, 0.25) is 0 Å². The van der Waals surface area contributed by atoms with Crippen molar-refractivity contribution in [2.24, 2.45) is 13.0 Å². The molecular formula is C21H18F9N3O2. The molecule has 0 saturated heterocycles. The number of benzene rings is 1. The van der Waals surface area contributed by atoms with E-state index in [9.17, 15) is 44.3 Å². The predicted molar refractivity (Wildman–Crippen MR) is 103 cm³/mol. The van der Waals surface area contributed by atoms with Crippen LogP contribution < -0.4 is 10.1 Å². The van der Waals surface area contributed by atoms with E-state index in [0.29, 0.717) is 0 Å². The van der Waals surface area contributed by atoms with E-state index in [2.05, 4.69) is 15.2 Å². The Bertz CT molecular complexity index is 1120. The topological polar surface area (TPSA) is 56.1 Å². The highest BCUT2D eigenvalue weighted by Crippen LogP contribution is 2.57. The van der Waals surface area contributed by atoms with Crippen LogP contribution in [-0.4, -0.2) is 39.8 Å². The summed E-state index contributed by atoms with van der Waals surface area (Å²) < 4.78 is 123. The highest BCUT2D eigenvalue weighted by Gasteiger charge is 2.71. The minimum atomic E-state index is -4.92. The first kappa shape index (κ1) is 25.2. The molecule has 0 unspecified atom stereocenters. The quantitative estimate of drug-likeness (QED) is 0.472. The largest absolute Gasteiger partial charge is 0.573 e. The summed E-state index contributed by atoms with van der Waals surface area (Å²) in [5, 5.41) is 6.50. The maximum absolute atomic E-state index is 13.6. The minimum Gasteiger partial charge on any atom is -0.406 e. The molecule has 2 aliphatic carbocycles. The Hall–Kier alpha value is -2.93. The number of rotatable bonds is 6. The number of alkyl halides is 9. The first-order chi connectivity index (χ1) is 16.0. The van der Waals surface area contributed by atoms with Crippen LogP contribution in [0.1, 0.15) is 37.2 Å². The van der Waals surface area contributed by atoms with E-state index in [0.717, 1.165) is 16.8 Å². The van der Waals surface area contributed by atoms with Crippen molar-refractivity contribution in [2.45, 2.75) is 55.7 Å². The molecule has 1 aromatic carbocycles. The van der Waals surface area contributed by atoms with E-state index in [1.807, 2.05) is 0 Å². The van der Waals surface area contributed by atoms with Crippen molar-refractivity contribution in [1.29, 1.82) is 0 Å². The second-order valence-corrected chi connectivity index (χ2v) is 8.75. The second-order valence-electron chi connectivity index (χ2n) is 8.75. The first-order valence-corrected chi connectivity index (χ1v) is 10.4. The maximum Gasteiger partial charge on any atom is 0.573 e. The molecule has 35 heavy (non-hydrogen) atoms. The fourth-order valence-corrected chi connectivity index (χ4v) is 4.32. The summed E-state index contributed by atoms with van der Waals surface area (Å²) in [6.45, 7) is 0. The molecule has 4 rings (SSSR count). The van der Waals surface area contributed by atoms with Gasteiger partial charge in [0.15, 0.2) is 0 Å². The predicted octanol–water partition coefficient (Wildman–Crippen LogP) is 6.12. The summed E-state index contributed by atoms with van der Waals surface area (Å²) in [5.74, 6) is -15.9. The summed E-state index contributed by atoms with van der Waals surface area (Å²) >= 11 is 0. The molecule has 0 bridgehead atoms. The molecule has 1 heterocycles. The summed E-state index contributed by atoms with van der Waals surface area (Å²) in [4.78, 5) is 12.4. The van der Waals surface area contributed by atoms with Crippen LogP contribution in [0.15, 0.2) is 24.3 Å². The number of amides is 1.